The quantitative estimate of drug-likeness (QED) is 0.864. The summed E-state index contributed by atoms with van der Waals surface area (Å²) in [5.74, 6) is 0. The van der Waals surface area contributed by atoms with E-state index >= 15 is 0 Å². The van der Waals surface area contributed by atoms with Crippen LogP contribution in [-0.4, -0.2) is 55.1 Å². The fraction of sp³-hybridized carbons (Fsp3) is 0.667. The van der Waals surface area contributed by atoms with Crippen molar-refractivity contribution in [2.24, 2.45) is 0 Å². The molecule has 2 aliphatic rings. The molecule has 1 aliphatic carbocycles. The van der Waals surface area contributed by atoms with Crippen LogP contribution in [0.1, 0.15) is 30.9 Å². The highest BCUT2D eigenvalue weighted by molar-refractivity contribution is 5.27. The minimum Gasteiger partial charge on any atom is -0.314 e. The van der Waals surface area contributed by atoms with Gasteiger partial charge in [0.2, 0.25) is 0 Å². The van der Waals surface area contributed by atoms with E-state index in [0.29, 0.717) is 6.04 Å². The van der Waals surface area contributed by atoms with Gasteiger partial charge in [0.15, 0.2) is 0 Å². The van der Waals surface area contributed by atoms with E-state index in [0.717, 1.165) is 25.6 Å². The van der Waals surface area contributed by atoms with Crippen LogP contribution >= 0.6 is 0 Å². The minimum absolute atomic E-state index is 0.669. The lowest BCUT2D eigenvalue weighted by Gasteiger charge is -2.38. The number of nitrogens with one attached hydrogen (secondary N) is 1. The van der Waals surface area contributed by atoms with Crippen LogP contribution in [0.15, 0.2) is 24.3 Å². The molecule has 1 atom stereocenters. The van der Waals surface area contributed by atoms with Gasteiger partial charge in [0.1, 0.15) is 0 Å². The maximum Gasteiger partial charge on any atom is 0.0237 e. The fourth-order valence-electron chi connectivity index (χ4n) is 3.16. The lowest BCUT2D eigenvalue weighted by atomic mass is 10.0. The highest BCUT2D eigenvalue weighted by Crippen LogP contribution is 2.19. The Hall–Kier alpha value is -0.900. The van der Waals surface area contributed by atoms with Crippen LogP contribution in [-0.2, 0) is 13.0 Å². The van der Waals surface area contributed by atoms with Gasteiger partial charge in [-0.05, 0) is 50.9 Å². The van der Waals surface area contributed by atoms with Crippen molar-refractivity contribution in [2.45, 2.75) is 44.8 Å². The van der Waals surface area contributed by atoms with Gasteiger partial charge in [0.25, 0.3) is 0 Å². The average molecular weight is 287 g/mol. The monoisotopic (exact) mass is 287 g/mol. The number of nitrogens with zero attached hydrogens (tertiary/aromatic N) is 2. The largest absolute Gasteiger partial charge is 0.314 e. The first-order valence-corrected chi connectivity index (χ1v) is 8.45. The van der Waals surface area contributed by atoms with Crippen molar-refractivity contribution >= 4 is 0 Å². The third-order valence-electron chi connectivity index (χ3n) is 4.96. The van der Waals surface area contributed by atoms with E-state index in [1.165, 1.54) is 43.6 Å². The van der Waals surface area contributed by atoms with Crippen LogP contribution in [0.25, 0.3) is 0 Å². The summed E-state index contributed by atoms with van der Waals surface area (Å²) in [4.78, 5) is 5.07. The van der Waals surface area contributed by atoms with E-state index in [1.54, 1.807) is 0 Å². The molecule has 1 aromatic carbocycles. The van der Waals surface area contributed by atoms with E-state index in [-0.39, 0.29) is 0 Å². The molecule has 1 saturated carbocycles. The van der Waals surface area contributed by atoms with Crippen LogP contribution in [0.5, 0.6) is 0 Å². The molecule has 1 aromatic rings. The molecule has 1 unspecified atom stereocenters. The maximum atomic E-state index is 3.63. The molecule has 0 aromatic heterocycles. The summed E-state index contributed by atoms with van der Waals surface area (Å²) in [6.07, 6.45) is 3.91. The van der Waals surface area contributed by atoms with Gasteiger partial charge in [-0.1, -0.05) is 24.3 Å². The second-order valence-electron chi connectivity index (χ2n) is 6.81. The molecule has 1 aliphatic heterocycles. The Morgan fingerprint density at radius 1 is 1.14 bits per heavy atom. The van der Waals surface area contributed by atoms with Crippen molar-refractivity contribution in [1.82, 2.24) is 15.1 Å². The lowest BCUT2D eigenvalue weighted by molar-refractivity contribution is 0.0998. The molecule has 1 N–H and O–H groups in total. The summed E-state index contributed by atoms with van der Waals surface area (Å²) in [5.41, 5.74) is 3.05. The first-order chi connectivity index (χ1) is 10.2. The summed E-state index contributed by atoms with van der Waals surface area (Å²) < 4.78 is 0. The SMILES string of the molecule is CC1CN(Cc2ccccc2CCNC2CC2)CCN1C. The number of benzene rings is 1. The van der Waals surface area contributed by atoms with Crippen LogP contribution in [0.4, 0.5) is 0 Å². The number of hydrogen-bond donors (Lipinski definition) is 1. The Labute approximate surface area is 129 Å². The van der Waals surface area contributed by atoms with Gasteiger partial charge in [-0.2, -0.15) is 0 Å². The molecule has 2 fully saturated rings. The molecular formula is C18H29N3. The summed E-state index contributed by atoms with van der Waals surface area (Å²) in [6, 6.07) is 10.5. The number of rotatable bonds is 6. The third kappa shape index (κ3) is 4.29. The standard InChI is InChI=1S/C18H29N3/c1-15-13-21(12-11-20(15)2)14-17-6-4-3-5-16(17)9-10-19-18-7-8-18/h3-6,15,18-19H,7-14H2,1-2H3. The molecule has 3 rings (SSSR count). The molecule has 3 nitrogen and oxygen atoms in total. The molecule has 0 spiro atoms. The van der Waals surface area contributed by atoms with Crippen molar-refractivity contribution in [3.8, 4) is 0 Å². The predicted octanol–water partition coefficient (Wildman–Crippen LogP) is 2.12. The third-order valence-corrected chi connectivity index (χ3v) is 4.96. The summed E-state index contributed by atoms with van der Waals surface area (Å²) in [6.45, 7) is 8.13. The summed E-state index contributed by atoms with van der Waals surface area (Å²) >= 11 is 0. The maximum absolute atomic E-state index is 3.63. The number of likely N-dealkylation sites (N-methyl/N-ethyl adjacent to an activating group) is 1. The Kier molecular flexibility index (Phi) is 4.94. The van der Waals surface area contributed by atoms with E-state index in [9.17, 15) is 0 Å². The van der Waals surface area contributed by atoms with Gasteiger partial charge in [-0.3, -0.25) is 4.90 Å². The molecule has 21 heavy (non-hydrogen) atoms. The van der Waals surface area contributed by atoms with E-state index < -0.39 is 0 Å². The zero-order valence-corrected chi connectivity index (χ0v) is 13.5. The second kappa shape index (κ2) is 6.91. The molecule has 0 bridgehead atoms. The summed E-state index contributed by atoms with van der Waals surface area (Å²) in [5, 5.41) is 3.63. The zero-order valence-electron chi connectivity index (χ0n) is 13.5. The minimum atomic E-state index is 0.669. The Balaban J connectivity index is 1.56. The molecule has 0 amide bonds. The number of hydrogen-bond acceptors (Lipinski definition) is 3. The van der Waals surface area contributed by atoms with Gasteiger partial charge < -0.3 is 10.2 Å². The van der Waals surface area contributed by atoms with Crippen LogP contribution in [0.2, 0.25) is 0 Å². The first-order valence-electron chi connectivity index (χ1n) is 8.45. The van der Waals surface area contributed by atoms with Crippen molar-refractivity contribution in [1.29, 1.82) is 0 Å². The smallest absolute Gasteiger partial charge is 0.0237 e. The predicted molar refractivity (Wildman–Crippen MR) is 88.5 cm³/mol. The Morgan fingerprint density at radius 3 is 2.62 bits per heavy atom. The van der Waals surface area contributed by atoms with Crippen molar-refractivity contribution < 1.29 is 0 Å². The number of piperazine rings is 1. The van der Waals surface area contributed by atoms with Crippen molar-refractivity contribution in [3.05, 3.63) is 35.4 Å². The van der Waals surface area contributed by atoms with Crippen molar-refractivity contribution in [2.75, 3.05) is 33.2 Å². The molecular weight excluding hydrogens is 258 g/mol. The molecule has 3 heteroatoms. The highest BCUT2D eigenvalue weighted by atomic mass is 15.3. The van der Waals surface area contributed by atoms with Crippen LogP contribution < -0.4 is 5.32 Å². The molecule has 1 saturated heterocycles. The van der Waals surface area contributed by atoms with Gasteiger partial charge in [-0.25, -0.2) is 0 Å². The zero-order chi connectivity index (χ0) is 14.7. The lowest BCUT2D eigenvalue weighted by Crippen LogP contribution is -2.49. The van der Waals surface area contributed by atoms with Crippen LogP contribution in [0.3, 0.4) is 0 Å². The normalized spacial score (nSPS) is 24.4. The van der Waals surface area contributed by atoms with Crippen molar-refractivity contribution in [3.63, 3.8) is 0 Å². The van der Waals surface area contributed by atoms with Crippen LogP contribution in [0, 0.1) is 0 Å². The first kappa shape index (κ1) is 15.0. The fourth-order valence-corrected chi connectivity index (χ4v) is 3.16. The molecule has 1 heterocycles. The second-order valence-corrected chi connectivity index (χ2v) is 6.81. The van der Waals surface area contributed by atoms with E-state index in [2.05, 4.69) is 53.4 Å². The average Bonchev–Trinajstić information content (AvgIpc) is 3.29. The van der Waals surface area contributed by atoms with Gasteiger partial charge >= 0.3 is 0 Å². The van der Waals surface area contributed by atoms with E-state index in [1.807, 2.05) is 0 Å². The molecule has 116 valence electrons. The topological polar surface area (TPSA) is 18.5 Å². The Morgan fingerprint density at radius 2 is 1.90 bits per heavy atom. The van der Waals surface area contributed by atoms with E-state index in [4.69, 9.17) is 0 Å². The van der Waals surface area contributed by atoms with Gasteiger partial charge in [-0.15, -0.1) is 0 Å². The highest BCUT2D eigenvalue weighted by Gasteiger charge is 2.22. The van der Waals surface area contributed by atoms with Gasteiger partial charge in [0.05, 0.1) is 0 Å². The summed E-state index contributed by atoms with van der Waals surface area (Å²) in [7, 11) is 2.24. The van der Waals surface area contributed by atoms with Gasteiger partial charge in [0, 0.05) is 38.3 Å². The Bertz CT molecular complexity index is 456. The molecule has 0 radical (unpaired) electrons.